The highest BCUT2D eigenvalue weighted by Gasteiger charge is 2.12. The third kappa shape index (κ3) is 5.22. The number of anilines is 1. The van der Waals surface area contributed by atoms with Crippen LogP contribution in [-0.4, -0.2) is 23.1 Å². The molecule has 4 aromatic rings. The summed E-state index contributed by atoms with van der Waals surface area (Å²) >= 11 is 8.72. The molecule has 0 saturated heterocycles. The van der Waals surface area contributed by atoms with E-state index in [2.05, 4.69) is 31.5 Å². The third-order valence-corrected chi connectivity index (χ3v) is 5.33. The number of hydrogen-bond acceptors (Lipinski definition) is 5. The molecular weight excluding hydrogens is 490 g/mol. The highest BCUT2D eigenvalue weighted by molar-refractivity contribution is 9.10. The number of aromatic nitrogens is 1. The predicted octanol–water partition coefficient (Wildman–Crippen LogP) is 5.79. The van der Waals surface area contributed by atoms with Crippen LogP contribution >= 0.6 is 28.1 Å². The van der Waals surface area contributed by atoms with Crippen LogP contribution in [0.15, 0.2) is 81.7 Å². The number of fused-ring (bicyclic) bond motifs is 1. The van der Waals surface area contributed by atoms with Crippen LogP contribution in [0.4, 0.5) is 5.69 Å². The number of thiocarbonyl (C=S) groups is 1. The van der Waals surface area contributed by atoms with Gasteiger partial charge in [-0.1, -0.05) is 30.3 Å². The first-order chi connectivity index (χ1) is 15.5. The van der Waals surface area contributed by atoms with Crippen molar-refractivity contribution < 1.29 is 13.9 Å². The molecule has 0 spiro atoms. The summed E-state index contributed by atoms with van der Waals surface area (Å²) in [6, 6.07) is 20.6. The molecule has 1 amide bonds. The highest BCUT2D eigenvalue weighted by Crippen LogP contribution is 2.32. The van der Waals surface area contributed by atoms with Crippen LogP contribution in [0.5, 0.6) is 5.75 Å². The number of nitrogens with zero attached hydrogens (tertiary/aromatic N) is 1. The predicted molar refractivity (Wildman–Crippen MR) is 134 cm³/mol. The Morgan fingerprint density at radius 2 is 1.94 bits per heavy atom. The van der Waals surface area contributed by atoms with Crippen molar-refractivity contribution in [3.8, 4) is 17.2 Å². The van der Waals surface area contributed by atoms with Crippen LogP contribution in [0.3, 0.4) is 0 Å². The molecule has 0 unspecified atom stereocenters. The van der Waals surface area contributed by atoms with Crippen molar-refractivity contribution in [1.29, 1.82) is 0 Å². The van der Waals surface area contributed by atoms with E-state index in [1.165, 1.54) is 6.08 Å². The van der Waals surface area contributed by atoms with Gasteiger partial charge in [-0.3, -0.25) is 10.1 Å². The number of hydrogen-bond donors (Lipinski definition) is 2. The van der Waals surface area contributed by atoms with Crippen molar-refractivity contribution in [2.45, 2.75) is 0 Å². The van der Waals surface area contributed by atoms with Crippen LogP contribution < -0.4 is 15.4 Å². The Bertz CT molecular complexity index is 1320. The molecule has 160 valence electrons. The van der Waals surface area contributed by atoms with Gasteiger partial charge in [-0.2, -0.15) is 0 Å². The Balaban J connectivity index is 1.43. The second-order valence-corrected chi connectivity index (χ2v) is 8.00. The Morgan fingerprint density at radius 3 is 2.69 bits per heavy atom. The van der Waals surface area contributed by atoms with Crippen LogP contribution in [0.1, 0.15) is 5.56 Å². The number of benzene rings is 3. The van der Waals surface area contributed by atoms with Gasteiger partial charge in [0.2, 0.25) is 11.8 Å². The molecule has 32 heavy (non-hydrogen) atoms. The summed E-state index contributed by atoms with van der Waals surface area (Å²) in [4.78, 5) is 16.7. The minimum atomic E-state index is -0.318. The Hall–Kier alpha value is -3.49. The first kappa shape index (κ1) is 21.7. The van der Waals surface area contributed by atoms with Crippen molar-refractivity contribution in [2.24, 2.45) is 0 Å². The zero-order valence-electron chi connectivity index (χ0n) is 17.0. The topological polar surface area (TPSA) is 76.4 Å². The number of halogens is 1. The number of nitrogens with one attached hydrogen (secondary N) is 2. The lowest BCUT2D eigenvalue weighted by Gasteiger charge is -2.07. The third-order valence-electron chi connectivity index (χ3n) is 4.51. The van der Waals surface area contributed by atoms with Gasteiger partial charge < -0.3 is 14.5 Å². The zero-order valence-corrected chi connectivity index (χ0v) is 19.4. The molecule has 2 N–H and O–H groups in total. The molecule has 0 aliphatic rings. The fourth-order valence-corrected chi connectivity index (χ4v) is 3.74. The van der Waals surface area contributed by atoms with Gasteiger partial charge in [0.05, 0.1) is 11.6 Å². The number of rotatable bonds is 5. The smallest absolute Gasteiger partial charge is 0.250 e. The fraction of sp³-hybridized carbons (Fsp3) is 0.0417. The summed E-state index contributed by atoms with van der Waals surface area (Å²) in [5.74, 6) is 0.897. The maximum absolute atomic E-state index is 12.1. The van der Waals surface area contributed by atoms with Gasteiger partial charge in [-0.05, 0) is 76.2 Å². The van der Waals surface area contributed by atoms with E-state index in [9.17, 15) is 4.79 Å². The van der Waals surface area contributed by atoms with Gasteiger partial charge in [0.1, 0.15) is 11.3 Å². The molecule has 3 aromatic carbocycles. The van der Waals surface area contributed by atoms with E-state index < -0.39 is 0 Å². The van der Waals surface area contributed by atoms with Crippen LogP contribution in [0.2, 0.25) is 0 Å². The van der Waals surface area contributed by atoms with Crippen molar-refractivity contribution in [3.05, 3.63) is 82.8 Å². The lowest BCUT2D eigenvalue weighted by molar-refractivity contribution is -0.115. The number of carbonyl (C=O) groups excluding carboxylic acids is 1. The largest absolute Gasteiger partial charge is 0.496 e. The number of ether oxygens (including phenoxy) is 1. The van der Waals surface area contributed by atoms with Gasteiger partial charge in [-0.25, -0.2) is 4.98 Å². The van der Waals surface area contributed by atoms with Crippen LogP contribution in [0.25, 0.3) is 28.6 Å². The molecule has 0 aliphatic carbocycles. The van der Waals surface area contributed by atoms with E-state index in [0.29, 0.717) is 22.7 Å². The normalized spacial score (nSPS) is 10.9. The molecule has 1 aromatic heterocycles. The van der Waals surface area contributed by atoms with E-state index in [1.807, 2.05) is 48.5 Å². The number of oxazole rings is 1. The molecule has 0 bridgehead atoms. The minimum Gasteiger partial charge on any atom is -0.496 e. The van der Waals surface area contributed by atoms with E-state index in [0.717, 1.165) is 21.3 Å². The van der Waals surface area contributed by atoms with Gasteiger partial charge >= 0.3 is 0 Å². The van der Waals surface area contributed by atoms with Crippen LogP contribution in [0, 0.1) is 0 Å². The van der Waals surface area contributed by atoms with Crippen molar-refractivity contribution in [2.75, 3.05) is 12.4 Å². The summed E-state index contributed by atoms with van der Waals surface area (Å²) in [7, 11) is 1.61. The lowest BCUT2D eigenvalue weighted by Crippen LogP contribution is -2.32. The van der Waals surface area contributed by atoms with E-state index in [-0.39, 0.29) is 11.0 Å². The van der Waals surface area contributed by atoms with E-state index in [1.54, 1.807) is 31.4 Å². The molecule has 0 fully saturated rings. The van der Waals surface area contributed by atoms with E-state index >= 15 is 0 Å². The van der Waals surface area contributed by atoms with Gasteiger partial charge in [0.15, 0.2) is 10.7 Å². The summed E-state index contributed by atoms with van der Waals surface area (Å²) in [5, 5.41) is 5.81. The fourth-order valence-electron chi connectivity index (χ4n) is 2.98. The SMILES string of the molecule is COc1ccc(-c2nc3cc(NC(=S)NC(=O)C=Cc4ccccc4)ccc3o2)cc1Br. The van der Waals surface area contributed by atoms with Crippen molar-refractivity contribution in [1.82, 2.24) is 10.3 Å². The zero-order chi connectivity index (χ0) is 22.5. The summed E-state index contributed by atoms with van der Waals surface area (Å²) in [6.45, 7) is 0. The molecule has 4 rings (SSSR count). The molecule has 0 atom stereocenters. The maximum Gasteiger partial charge on any atom is 0.250 e. The summed E-state index contributed by atoms with van der Waals surface area (Å²) in [5.41, 5.74) is 3.73. The minimum absolute atomic E-state index is 0.190. The standard InChI is InChI=1S/C24H18BrN3O3S/c1-30-20-10-8-16(13-18(20)25)23-27-19-14-17(9-11-21(19)31-23)26-24(32)28-22(29)12-7-15-5-3-2-4-6-15/h2-14H,1H3,(H2,26,28,29,32). The molecule has 1 heterocycles. The van der Waals surface area contributed by atoms with Gasteiger partial charge in [0.25, 0.3) is 0 Å². The molecule has 8 heteroatoms. The average Bonchev–Trinajstić information content (AvgIpc) is 3.22. The Kier molecular flexibility index (Phi) is 6.63. The van der Waals surface area contributed by atoms with Gasteiger partial charge in [-0.15, -0.1) is 0 Å². The molecule has 0 saturated carbocycles. The Morgan fingerprint density at radius 1 is 1.12 bits per heavy atom. The maximum atomic E-state index is 12.1. The number of carbonyl (C=O) groups is 1. The van der Waals surface area contributed by atoms with E-state index in [4.69, 9.17) is 21.4 Å². The molecule has 0 radical (unpaired) electrons. The lowest BCUT2D eigenvalue weighted by atomic mass is 10.2. The van der Waals surface area contributed by atoms with Gasteiger partial charge in [0, 0.05) is 17.3 Å². The summed E-state index contributed by atoms with van der Waals surface area (Å²) < 4.78 is 11.9. The Labute approximate surface area is 198 Å². The number of methoxy groups -OCH3 is 1. The molecule has 0 aliphatic heterocycles. The molecular formula is C24H18BrN3O3S. The first-order valence-corrected chi connectivity index (χ1v) is 10.8. The quantitative estimate of drug-likeness (QED) is 0.263. The summed E-state index contributed by atoms with van der Waals surface area (Å²) in [6.07, 6.45) is 3.15. The highest BCUT2D eigenvalue weighted by atomic mass is 79.9. The van der Waals surface area contributed by atoms with Crippen molar-refractivity contribution in [3.63, 3.8) is 0 Å². The molecule has 6 nitrogen and oxygen atoms in total. The van der Waals surface area contributed by atoms with Crippen molar-refractivity contribution >= 4 is 62.0 Å². The van der Waals surface area contributed by atoms with Crippen LogP contribution in [-0.2, 0) is 4.79 Å². The monoisotopic (exact) mass is 507 g/mol. The number of amides is 1. The second-order valence-electron chi connectivity index (χ2n) is 6.74. The average molecular weight is 508 g/mol. The second kappa shape index (κ2) is 9.76. The first-order valence-electron chi connectivity index (χ1n) is 9.61.